The van der Waals surface area contributed by atoms with E-state index in [1.165, 1.54) is 0 Å². The second-order valence-electron chi connectivity index (χ2n) is 7.59. The summed E-state index contributed by atoms with van der Waals surface area (Å²) in [6.07, 6.45) is 1.39. The van der Waals surface area contributed by atoms with Crippen LogP contribution in [0.2, 0.25) is 0 Å². The zero-order chi connectivity index (χ0) is 22.8. The average molecular weight is 452 g/mol. The number of carbonyl (C=O) groups excluding carboxylic acids is 1. The van der Waals surface area contributed by atoms with Gasteiger partial charge < -0.3 is 9.84 Å². The number of thioether (sulfide) groups is 1. The zero-order valence-corrected chi connectivity index (χ0v) is 18.7. The van der Waals surface area contributed by atoms with Gasteiger partial charge in [-0.3, -0.25) is 5.32 Å². The molecule has 162 valence electrons. The van der Waals surface area contributed by atoms with Gasteiger partial charge in [-0.05, 0) is 58.1 Å². The fourth-order valence-corrected chi connectivity index (χ4v) is 4.52. The third-order valence-electron chi connectivity index (χ3n) is 5.57. The Labute approximate surface area is 195 Å². The van der Waals surface area contributed by atoms with Crippen molar-refractivity contribution in [2.75, 3.05) is 11.6 Å². The SMILES string of the molecule is CSc1cccc(NC(=O)Oc2ccc3ccccc3c2-c2c(O)ccc3ccccc23)c1. The fourth-order valence-electron chi connectivity index (χ4n) is 4.06. The minimum absolute atomic E-state index is 0.128. The van der Waals surface area contributed by atoms with Crippen molar-refractivity contribution in [2.24, 2.45) is 0 Å². The van der Waals surface area contributed by atoms with Gasteiger partial charge in [0, 0.05) is 21.7 Å². The smallest absolute Gasteiger partial charge is 0.417 e. The molecule has 0 saturated carbocycles. The molecule has 1 amide bonds. The third-order valence-corrected chi connectivity index (χ3v) is 6.29. The van der Waals surface area contributed by atoms with Crippen molar-refractivity contribution in [3.05, 3.63) is 97.1 Å². The molecule has 0 unspecified atom stereocenters. The van der Waals surface area contributed by atoms with Gasteiger partial charge in [0.25, 0.3) is 0 Å². The Morgan fingerprint density at radius 2 is 1.45 bits per heavy atom. The van der Waals surface area contributed by atoms with Crippen LogP contribution >= 0.6 is 11.8 Å². The molecular weight excluding hydrogens is 430 g/mol. The molecule has 5 rings (SSSR count). The summed E-state index contributed by atoms with van der Waals surface area (Å²) in [7, 11) is 0. The summed E-state index contributed by atoms with van der Waals surface area (Å²) >= 11 is 1.60. The van der Waals surface area contributed by atoms with E-state index >= 15 is 0 Å². The summed E-state index contributed by atoms with van der Waals surface area (Å²) in [5, 5.41) is 17.5. The van der Waals surface area contributed by atoms with Crippen molar-refractivity contribution in [1.82, 2.24) is 0 Å². The van der Waals surface area contributed by atoms with Crippen LogP contribution in [0.25, 0.3) is 32.7 Å². The molecule has 0 bridgehead atoms. The standard InChI is InChI=1S/C28H21NO3S/c1-33-21-10-6-9-20(17-21)29-28(31)32-25-16-14-19-8-3-5-12-23(19)27(25)26-22-11-4-2-7-18(22)13-15-24(26)30/h2-17,30H,1H3,(H,29,31). The van der Waals surface area contributed by atoms with Gasteiger partial charge in [-0.15, -0.1) is 11.8 Å². The van der Waals surface area contributed by atoms with Crippen LogP contribution in [-0.4, -0.2) is 17.5 Å². The molecule has 0 atom stereocenters. The van der Waals surface area contributed by atoms with Crippen LogP contribution in [0.4, 0.5) is 10.5 Å². The van der Waals surface area contributed by atoms with E-state index in [0.29, 0.717) is 22.6 Å². The lowest BCUT2D eigenvalue weighted by Gasteiger charge is -2.17. The monoisotopic (exact) mass is 451 g/mol. The van der Waals surface area contributed by atoms with E-state index in [9.17, 15) is 9.90 Å². The molecule has 0 saturated heterocycles. The Morgan fingerprint density at radius 3 is 2.18 bits per heavy atom. The molecule has 0 aliphatic rings. The second kappa shape index (κ2) is 8.88. The number of amides is 1. The van der Waals surface area contributed by atoms with Gasteiger partial charge in [-0.25, -0.2) is 4.79 Å². The number of phenols is 1. The summed E-state index contributed by atoms with van der Waals surface area (Å²) in [4.78, 5) is 13.9. The summed E-state index contributed by atoms with van der Waals surface area (Å²) in [6, 6.07) is 30.5. The highest BCUT2D eigenvalue weighted by atomic mass is 32.2. The minimum atomic E-state index is -0.593. The number of ether oxygens (including phenoxy) is 1. The third kappa shape index (κ3) is 4.11. The van der Waals surface area contributed by atoms with Crippen LogP contribution in [-0.2, 0) is 0 Å². The Balaban J connectivity index is 1.64. The van der Waals surface area contributed by atoms with Crippen LogP contribution in [0.5, 0.6) is 11.5 Å². The molecular formula is C28H21NO3S. The van der Waals surface area contributed by atoms with Gasteiger partial charge >= 0.3 is 6.09 Å². The molecule has 5 heteroatoms. The molecule has 4 nitrogen and oxygen atoms in total. The first-order valence-electron chi connectivity index (χ1n) is 10.5. The maximum atomic E-state index is 12.8. The van der Waals surface area contributed by atoms with Crippen LogP contribution < -0.4 is 10.1 Å². The summed E-state index contributed by atoms with van der Waals surface area (Å²) in [5.41, 5.74) is 1.97. The molecule has 0 aromatic heterocycles. The van der Waals surface area contributed by atoms with Crippen LogP contribution in [0.3, 0.4) is 0 Å². The first-order chi connectivity index (χ1) is 16.1. The lowest BCUT2D eigenvalue weighted by molar-refractivity contribution is 0.215. The molecule has 2 N–H and O–H groups in total. The highest BCUT2D eigenvalue weighted by Crippen LogP contribution is 2.45. The molecule has 0 spiro atoms. The van der Waals surface area contributed by atoms with E-state index in [4.69, 9.17) is 4.74 Å². The minimum Gasteiger partial charge on any atom is -0.507 e. The molecule has 0 aliphatic heterocycles. The quantitative estimate of drug-likeness (QED) is 0.275. The number of nitrogens with one attached hydrogen (secondary N) is 1. The molecule has 0 aliphatic carbocycles. The fraction of sp³-hybridized carbons (Fsp3) is 0.0357. The van der Waals surface area contributed by atoms with Crippen molar-refractivity contribution in [1.29, 1.82) is 0 Å². The Morgan fingerprint density at radius 1 is 0.788 bits per heavy atom. The lowest BCUT2D eigenvalue weighted by atomic mass is 9.92. The van der Waals surface area contributed by atoms with Crippen LogP contribution in [0, 0.1) is 0 Å². The van der Waals surface area contributed by atoms with E-state index in [2.05, 4.69) is 5.32 Å². The van der Waals surface area contributed by atoms with Gasteiger partial charge in [0.1, 0.15) is 11.5 Å². The van der Waals surface area contributed by atoms with Gasteiger partial charge in [0.2, 0.25) is 0 Å². The molecule has 0 heterocycles. The molecule has 0 radical (unpaired) electrons. The van der Waals surface area contributed by atoms with E-state index < -0.39 is 6.09 Å². The van der Waals surface area contributed by atoms with Crippen molar-refractivity contribution in [3.63, 3.8) is 0 Å². The molecule has 5 aromatic rings. The Kier molecular flexibility index (Phi) is 5.63. The number of benzene rings is 5. The Hall–Kier alpha value is -3.96. The number of carbonyl (C=O) groups is 1. The van der Waals surface area contributed by atoms with Gasteiger partial charge in [0.15, 0.2) is 0 Å². The summed E-state index contributed by atoms with van der Waals surface area (Å²) < 4.78 is 5.82. The van der Waals surface area contributed by atoms with Gasteiger partial charge in [-0.2, -0.15) is 0 Å². The number of phenolic OH excluding ortho intramolecular Hbond substituents is 1. The van der Waals surface area contributed by atoms with E-state index in [1.807, 2.05) is 91.2 Å². The number of hydrogen-bond acceptors (Lipinski definition) is 4. The predicted octanol–water partition coefficient (Wildman–Crippen LogP) is 7.70. The number of fused-ring (bicyclic) bond motifs is 2. The van der Waals surface area contributed by atoms with Crippen molar-refractivity contribution < 1.29 is 14.6 Å². The van der Waals surface area contributed by atoms with E-state index in [-0.39, 0.29) is 5.75 Å². The second-order valence-corrected chi connectivity index (χ2v) is 8.47. The predicted molar refractivity (Wildman–Crippen MR) is 136 cm³/mol. The zero-order valence-electron chi connectivity index (χ0n) is 17.9. The van der Waals surface area contributed by atoms with Crippen molar-refractivity contribution in [3.8, 4) is 22.6 Å². The first-order valence-corrected chi connectivity index (χ1v) is 11.7. The highest BCUT2D eigenvalue weighted by molar-refractivity contribution is 7.98. The van der Waals surface area contributed by atoms with Crippen LogP contribution in [0.1, 0.15) is 0 Å². The maximum absolute atomic E-state index is 12.8. The number of rotatable bonds is 4. The van der Waals surface area contributed by atoms with Crippen LogP contribution in [0.15, 0.2) is 102 Å². The van der Waals surface area contributed by atoms with E-state index in [1.54, 1.807) is 23.9 Å². The van der Waals surface area contributed by atoms with Gasteiger partial charge in [-0.1, -0.05) is 66.7 Å². The molecule has 5 aromatic carbocycles. The lowest BCUT2D eigenvalue weighted by Crippen LogP contribution is -2.17. The normalized spacial score (nSPS) is 10.9. The van der Waals surface area contributed by atoms with Gasteiger partial charge in [0.05, 0.1) is 0 Å². The van der Waals surface area contributed by atoms with E-state index in [0.717, 1.165) is 26.4 Å². The topological polar surface area (TPSA) is 58.6 Å². The first kappa shape index (κ1) is 20.9. The Bertz CT molecular complexity index is 1500. The van der Waals surface area contributed by atoms with Crippen molar-refractivity contribution >= 4 is 45.1 Å². The maximum Gasteiger partial charge on any atom is 0.417 e. The number of anilines is 1. The average Bonchev–Trinajstić information content (AvgIpc) is 2.84. The summed E-state index contributed by atoms with van der Waals surface area (Å²) in [6.45, 7) is 0. The number of hydrogen-bond donors (Lipinski definition) is 2. The number of aromatic hydroxyl groups is 1. The van der Waals surface area contributed by atoms with Crippen molar-refractivity contribution in [2.45, 2.75) is 4.90 Å². The molecule has 33 heavy (non-hydrogen) atoms. The highest BCUT2D eigenvalue weighted by Gasteiger charge is 2.19. The molecule has 0 fully saturated rings. The largest absolute Gasteiger partial charge is 0.507 e. The summed E-state index contributed by atoms with van der Waals surface area (Å²) in [5.74, 6) is 0.502.